The molecule has 0 amide bonds. The van der Waals surface area contributed by atoms with Crippen LogP contribution in [0.3, 0.4) is 0 Å². The number of benzene rings is 1. The highest BCUT2D eigenvalue weighted by Crippen LogP contribution is 2.34. The lowest BCUT2D eigenvalue weighted by atomic mass is 10.0. The maximum Gasteiger partial charge on any atom is 0.341 e. The van der Waals surface area contributed by atoms with Gasteiger partial charge in [-0.15, -0.1) is 0 Å². The Morgan fingerprint density at radius 3 is 2.36 bits per heavy atom. The molecular formula is C10H12O4. The highest BCUT2D eigenvalue weighted by Gasteiger charge is 2.17. The Hall–Kier alpha value is -1.71. The molecular weight excluding hydrogens is 184 g/mol. The molecule has 2 N–H and O–H groups in total. The molecule has 1 rings (SSSR count). The average molecular weight is 196 g/mol. The zero-order chi connectivity index (χ0) is 10.9. The predicted octanol–water partition coefficient (Wildman–Crippen LogP) is 1.50. The standard InChI is InChI=1S/C10H12O4/c1-5-4-7(10(13)14-3)9(12)8(11)6(5)2/h4,11-12H,1-3H3. The molecule has 0 saturated carbocycles. The van der Waals surface area contributed by atoms with Gasteiger partial charge in [0, 0.05) is 0 Å². The van der Waals surface area contributed by atoms with Gasteiger partial charge in [0.05, 0.1) is 7.11 Å². The van der Waals surface area contributed by atoms with Gasteiger partial charge in [-0.05, 0) is 31.0 Å². The van der Waals surface area contributed by atoms with Crippen LogP contribution >= 0.6 is 0 Å². The van der Waals surface area contributed by atoms with Crippen molar-refractivity contribution in [3.8, 4) is 11.5 Å². The molecule has 0 aromatic heterocycles. The maximum absolute atomic E-state index is 11.2. The van der Waals surface area contributed by atoms with Crippen LogP contribution in [0.15, 0.2) is 6.07 Å². The van der Waals surface area contributed by atoms with E-state index in [-0.39, 0.29) is 11.3 Å². The van der Waals surface area contributed by atoms with Gasteiger partial charge in [-0.1, -0.05) is 0 Å². The molecule has 14 heavy (non-hydrogen) atoms. The highest BCUT2D eigenvalue weighted by molar-refractivity contribution is 5.93. The molecule has 0 fully saturated rings. The third kappa shape index (κ3) is 1.51. The summed E-state index contributed by atoms with van der Waals surface area (Å²) in [4.78, 5) is 11.2. The van der Waals surface area contributed by atoms with Crippen molar-refractivity contribution in [3.05, 3.63) is 22.8 Å². The van der Waals surface area contributed by atoms with E-state index in [4.69, 9.17) is 0 Å². The first-order valence-corrected chi connectivity index (χ1v) is 4.09. The number of methoxy groups -OCH3 is 1. The first kappa shape index (κ1) is 10.4. The van der Waals surface area contributed by atoms with Crippen LogP contribution in [-0.2, 0) is 4.74 Å². The van der Waals surface area contributed by atoms with Crippen LogP contribution in [0.4, 0.5) is 0 Å². The van der Waals surface area contributed by atoms with Crippen LogP contribution in [0.25, 0.3) is 0 Å². The summed E-state index contributed by atoms with van der Waals surface area (Å²) in [7, 11) is 1.22. The van der Waals surface area contributed by atoms with E-state index < -0.39 is 11.7 Å². The second kappa shape index (κ2) is 3.57. The minimum Gasteiger partial charge on any atom is -0.504 e. The van der Waals surface area contributed by atoms with E-state index in [0.29, 0.717) is 5.56 Å². The Morgan fingerprint density at radius 2 is 1.86 bits per heavy atom. The molecule has 0 bridgehead atoms. The molecule has 4 heteroatoms. The van der Waals surface area contributed by atoms with Crippen LogP contribution in [-0.4, -0.2) is 23.3 Å². The Labute approximate surface area is 81.8 Å². The van der Waals surface area contributed by atoms with Crippen LogP contribution in [0.2, 0.25) is 0 Å². The summed E-state index contributed by atoms with van der Waals surface area (Å²) >= 11 is 0. The number of aryl methyl sites for hydroxylation is 1. The van der Waals surface area contributed by atoms with Gasteiger partial charge in [-0.25, -0.2) is 4.79 Å². The van der Waals surface area contributed by atoms with Crippen molar-refractivity contribution in [2.45, 2.75) is 13.8 Å². The quantitative estimate of drug-likeness (QED) is 0.527. The van der Waals surface area contributed by atoms with Crippen molar-refractivity contribution < 1.29 is 19.7 Å². The lowest BCUT2D eigenvalue weighted by Crippen LogP contribution is -2.03. The Bertz CT molecular complexity index is 382. The minimum absolute atomic E-state index is 0.0203. The summed E-state index contributed by atoms with van der Waals surface area (Å²) in [6, 6.07) is 1.48. The lowest BCUT2D eigenvalue weighted by Gasteiger charge is -2.09. The second-order valence-electron chi connectivity index (χ2n) is 3.05. The van der Waals surface area contributed by atoms with E-state index in [9.17, 15) is 15.0 Å². The first-order chi connectivity index (χ1) is 6.49. The first-order valence-electron chi connectivity index (χ1n) is 4.09. The summed E-state index contributed by atoms with van der Waals surface area (Å²) in [6.07, 6.45) is 0. The Kier molecular flexibility index (Phi) is 2.65. The molecule has 0 atom stereocenters. The summed E-state index contributed by atoms with van der Waals surface area (Å²) < 4.78 is 4.46. The molecule has 1 aromatic carbocycles. The van der Waals surface area contributed by atoms with Gasteiger partial charge in [0.25, 0.3) is 0 Å². The number of esters is 1. The van der Waals surface area contributed by atoms with E-state index in [0.717, 1.165) is 5.56 Å². The van der Waals surface area contributed by atoms with Crippen molar-refractivity contribution in [2.24, 2.45) is 0 Å². The normalized spacial score (nSPS) is 9.93. The van der Waals surface area contributed by atoms with Gasteiger partial charge in [0.15, 0.2) is 11.5 Å². The molecule has 0 aliphatic carbocycles. The average Bonchev–Trinajstić information content (AvgIpc) is 2.19. The lowest BCUT2D eigenvalue weighted by molar-refractivity contribution is 0.0596. The van der Waals surface area contributed by atoms with Crippen LogP contribution in [0.5, 0.6) is 11.5 Å². The molecule has 0 aliphatic rings. The summed E-state index contributed by atoms with van der Waals surface area (Å²) in [5.41, 5.74) is 1.25. The van der Waals surface area contributed by atoms with Crippen LogP contribution in [0.1, 0.15) is 21.5 Å². The number of phenols is 2. The smallest absolute Gasteiger partial charge is 0.341 e. The van der Waals surface area contributed by atoms with Gasteiger partial charge >= 0.3 is 5.97 Å². The zero-order valence-corrected chi connectivity index (χ0v) is 8.29. The molecule has 0 radical (unpaired) electrons. The zero-order valence-electron chi connectivity index (χ0n) is 8.29. The number of carbonyl (C=O) groups excluding carboxylic acids is 1. The number of aromatic hydroxyl groups is 2. The van der Waals surface area contributed by atoms with Crippen molar-refractivity contribution >= 4 is 5.97 Å². The fourth-order valence-electron chi connectivity index (χ4n) is 1.15. The molecule has 1 aromatic rings. The third-order valence-electron chi connectivity index (χ3n) is 2.19. The SMILES string of the molecule is COC(=O)c1cc(C)c(C)c(O)c1O. The highest BCUT2D eigenvalue weighted by atomic mass is 16.5. The van der Waals surface area contributed by atoms with E-state index in [1.165, 1.54) is 13.2 Å². The van der Waals surface area contributed by atoms with Crippen molar-refractivity contribution in [3.63, 3.8) is 0 Å². The van der Waals surface area contributed by atoms with E-state index in [1.54, 1.807) is 13.8 Å². The van der Waals surface area contributed by atoms with E-state index in [1.807, 2.05) is 0 Å². The Morgan fingerprint density at radius 1 is 1.29 bits per heavy atom. The number of carbonyl (C=O) groups is 1. The van der Waals surface area contributed by atoms with Crippen molar-refractivity contribution in [1.29, 1.82) is 0 Å². The minimum atomic E-state index is -0.666. The topological polar surface area (TPSA) is 66.8 Å². The molecule has 0 aliphatic heterocycles. The van der Waals surface area contributed by atoms with E-state index >= 15 is 0 Å². The molecule has 4 nitrogen and oxygen atoms in total. The number of hydrogen-bond acceptors (Lipinski definition) is 4. The largest absolute Gasteiger partial charge is 0.504 e. The van der Waals surface area contributed by atoms with Gasteiger partial charge in [-0.2, -0.15) is 0 Å². The second-order valence-corrected chi connectivity index (χ2v) is 3.05. The van der Waals surface area contributed by atoms with Gasteiger partial charge in [0.1, 0.15) is 5.56 Å². The van der Waals surface area contributed by atoms with Gasteiger partial charge in [-0.3, -0.25) is 0 Å². The number of rotatable bonds is 1. The fraction of sp³-hybridized carbons (Fsp3) is 0.300. The van der Waals surface area contributed by atoms with Crippen molar-refractivity contribution in [1.82, 2.24) is 0 Å². The predicted molar refractivity (Wildman–Crippen MR) is 50.6 cm³/mol. The summed E-state index contributed by atoms with van der Waals surface area (Å²) in [5.74, 6) is -1.37. The molecule has 76 valence electrons. The summed E-state index contributed by atoms with van der Waals surface area (Å²) in [6.45, 7) is 3.40. The molecule has 0 heterocycles. The number of phenolic OH excluding ortho intramolecular Hbond substituents is 2. The monoisotopic (exact) mass is 196 g/mol. The maximum atomic E-state index is 11.2. The molecule has 0 unspecified atom stereocenters. The van der Waals surface area contributed by atoms with E-state index in [2.05, 4.69) is 4.74 Å². The fourth-order valence-corrected chi connectivity index (χ4v) is 1.15. The van der Waals surface area contributed by atoms with Crippen LogP contribution < -0.4 is 0 Å². The summed E-state index contributed by atoms with van der Waals surface area (Å²) in [5, 5.41) is 18.9. The van der Waals surface area contributed by atoms with Crippen LogP contribution in [0, 0.1) is 13.8 Å². The number of ether oxygens (including phenoxy) is 1. The van der Waals surface area contributed by atoms with Crippen molar-refractivity contribution in [2.75, 3.05) is 7.11 Å². The van der Waals surface area contributed by atoms with Gasteiger partial charge in [0.2, 0.25) is 0 Å². The Balaban J connectivity index is 3.40. The van der Waals surface area contributed by atoms with Gasteiger partial charge < -0.3 is 14.9 Å². The molecule has 0 saturated heterocycles. The third-order valence-corrected chi connectivity index (χ3v) is 2.19. The molecule has 0 spiro atoms. The number of hydrogen-bond donors (Lipinski definition) is 2.